The molecule has 0 bridgehead atoms. The number of aromatic carboxylic acids is 1. The highest BCUT2D eigenvalue weighted by molar-refractivity contribution is 5.95. The first kappa shape index (κ1) is 16.5. The normalized spacial score (nSPS) is 17.7. The molecular weight excluding hydrogens is 334 g/mol. The summed E-state index contributed by atoms with van der Waals surface area (Å²) in [5, 5.41) is 13.4. The Balaban J connectivity index is 1.55. The van der Waals surface area contributed by atoms with Gasteiger partial charge in [0, 0.05) is 12.5 Å². The van der Waals surface area contributed by atoms with Crippen molar-refractivity contribution in [2.75, 3.05) is 6.54 Å². The standard InChI is InChI=1S/C19H19N3O4/c1-12-20-18(21-26-12)16-7-4-10-22(16)11-13-8-9-17(25-13)14-5-2-3-6-15(14)19(23)24/h2-3,5-6,8-9,16H,4,7,10-11H2,1H3,(H,23,24). The van der Waals surface area contributed by atoms with Crippen molar-refractivity contribution in [1.29, 1.82) is 0 Å². The summed E-state index contributed by atoms with van der Waals surface area (Å²) in [4.78, 5) is 18.0. The highest BCUT2D eigenvalue weighted by Crippen LogP contribution is 2.33. The summed E-state index contributed by atoms with van der Waals surface area (Å²) < 4.78 is 11.0. The lowest BCUT2D eigenvalue weighted by molar-refractivity contribution is 0.0697. The van der Waals surface area contributed by atoms with Crippen LogP contribution in [0.3, 0.4) is 0 Å². The number of benzene rings is 1. The van der Waals surface area contributed by atoms with E-state index in [-0.39, 0.29) is 11.6 Å². The molecule has 134 valence electrons. The molecule has 1 N–H and O–H groups in total. The van der Waals surface area contributed by atoms with Gasteiger partial charge in [0.2, 0.25) is 5.89 Å². The number of hydrogen-bond acceptors (Lipinski definition) is 6. The third-order valence-corrected chi connectivity index (χ3v) is 4.65. The van der Waals surface area contributed by atoms with Crippen LogP contribution < -0.4 is 0 Å². The fourth-order valence-corrected chi connectivity index (χ4v) is 3.45. The fourth-order valence-electron chi connectivity index (χ4n) is 3.45. The average molecular weight is 353 g/mol. The van der Waals surface area contributed by atoms with Crippen LogP contribution in [0.2, 0.25) is 0 Å². The van der Waals surface area contributed by atoms with Crippen LogP contribution in [0.5, 0.6) is 0 Å². The molecule has 1 aliphatic rings. The highest BCUT2D eigenvalue weighted by Gasteiger charge is 2.30. The van der Waals surface area contributed by atoms with Crippen molar-refractivity contribution in [2.45, 2.75) is 32.4 Å². The van der Waals surface area contributed by atoms with Gasteiger partial charge >= 0.3 is 5.97 Å². The molecule has 7 nitrogen and oxygen atoms in total. The molecule has 1 aromatic carbocycles. The van der Waals surface area contributed by atoms with E-state index in [0.717, 1.165) is 25.1 Å². The van der Waals surface area contributed by atoms with Crippen LogP contribution in [0.25, 0.3) is 11.3 Å². The number of hydrogen-bond donors (Lipinski definition) is 1. The molecule has 1 fully saturated rings. The van der Waals surface area contributed by atoms with Crippen molar-refractivity contribution in [3.8, 4) is 11.3 Å². The van der Waals surface area contributed by atoms with Gasteiger partial charge in [-0.25, -0.2) is 4.79 Å². The molecular formula is C19H19N3O4. The van der Waals surface area contributed by atoms with Crippen molar-refractivity contribution in [2.24, 2.45) is 0 Å². The lowest BCUT2D eigenvalue weighted by atomic mass is 10.1. The van der Waals surface area contributed by atoms with Gasteiger partial charge < -0.3 is 14.0 Å². The number of nitrogens with zero attached hydrogens (tertiary/aromatic N) is 3. The first-order valence-corrected chi connectivity index (χ1v) is 8.57. The summed E-state index contributed by atoms with van der Waals surface area (Å²) in [6.45, 7) is 3.34. The van der Waals surface area contributed by atoms with Crippen molar-refractivity contribution in [3.05, 3.63) is 59.4 Å². The fraction of sp³-hybridized carbons (Fsp3) is 0.316. The number of carboxylic acids is 1. The molecule has 26 heavy (non-hydrogen) atoms. The van der Waals surface area contributed by atoms with Gasteiger partial charge in [-0.2, -0.15) is 4.98 Å². The molecule has 0 saturated carbocycles. The van der Waals surface area contributed by atoms with E-state index in [4.69, 9.17) is 8.94 Å². The molecule has 3 aromatic rings. The third kappa shape index (κ3) is 3.13. The Morgan fingerprint density at radius 1 is 1.31 bits per heavy atom. The second-order valence-corrected chi connectivity index (χ2v) is 6.42. The van der Waals surface area contributed by atoms with E-state index in [0.29, 0.717) is 29.6 Å². The van der Waals surface area contributed by atoms with E-state index in [9.17, 15) is 9.90 Å². The first-order chi connectivity index (χ1) is 12.6. The number of carboxylic acid groups (broad SMARTS) is 1. The molecule has 1 atom stereocenters. The van der Waals surface area contributed by atoms with Crippen LogP contribution in [-0.2, 0) is 6.54 Å². The number of aromatic nitrogens is 2. The minimum atomic E-state index is -0.967. The van der Waals surface area contributed by atoms with E-state index < -0.39 is 5.97 Å². The van der Waals surface area contributed by atoms with Crippen LogP contribution in [0, 0.1) is 6.92 Å². The molecule has 3 heterocycles. The van der Waals surface area contributed by atoms with E-state index in [1.165, 1.54) is 0 Å². The average Bonchev–Trinajstić information content (AvgIpc) is 3.36. The lowest BCUT2D eigenvalue weighted by Crippen LogP contribution is -2.23. The van der Waals surface area contributed by atoms with Crippen LogP contribution in [0.4, 0.5) is 0 Å². The largest absolute Gasteiger partial charge is 0.478 e. The molecule has 1 aliphatic heterocycles. The van der Waals surface area contributed by atoms with E-state index in [2.05, 4.69) is 15.0 Å². The maximum absolute atomic E-state index is 11.4. The predicted molar refractivity (Wildman–Crippen MR) is 92.5 cm³/mol. The molecule has 1 unspecified atom stereocenters. The van der Waals surface area contributed by atoms with Crippen LogP contribution >= 0.6 is 0 Å². The number of rotatable bonds is 5. The second kappa shape index (κ2) is 6.76. The quantitative estimate of drug-likeness (QED) is 0.748. The Hall–Kier alpha value is -2.93. The monoisotopic (exact) mass is 353 g/mol. The van der Waals surface area contributed by atoms with Crippen molar-refractivity contribution in [3.63, 3.8) is 0 Å². The highest BCUT2D eigenvalue weighted by atomic mass is 16.5. The zero-order valence-electron chi connectivity index (χ0n) is 14.4. The number of carbonyl (C=O) groups is 1. The summed E-state index contributed by atoms with van der Waals surface area (Å²) in [7, 11) is 0. The molecule has 4 rings (SSSR count). The molecule has 7 heteroatoms. The minimum absolute atomic E-state index is 0.118. The van der Waals surface area contributed by atoms with Gasteiger partial charge in [0.25, 0.3) is 0 Å². The molecule has 0 amide bonds. The summed E-state index contributed by atoms with van der Waals surface area (Å²) in [6.07, 6.45) is 2.04. The second-order valence-electron chi connectivity index (χ2n) is 6.42. The zero-order chi connectivity index (χ0) is 18.1. The van der Waals surface area contributed by atoms with Gasteiger partial charge in [-0.1, -0.05) is 23.4 Å². The molecule has 0 radical (unpaired) electrons. The zero-order valence-corrected chi connectivity index (χ0v) is 14.4. The maximum Gasteiger partial charge on any atom is 0.336 e. The van der Waals surface area contributed by atoms with Gasteiger partial charge in [-0.15, -0.1) is 0 Å². The first-order valence-electron chi connectivity index (χ1n) is 8.57. The molecule has 0 spiro atoms. The van der Waals surface area contributed by atoms with Crippen molar-refractivity contribution >= 4 is 5.97 Å². The van der Waals surface area contributed by atoms with Gasteiger partial charge in [-0.3, -0.25) is 4.90 Å². The van der Waals surface area contributed by atoms with E-state index in [1.807, 2.05) is 12.1 Å². The Labute approximate surface area is 150 Å². The third-order valence-electron chi connectivity index (χ3n) is 4.65. The Bertz CT molecular complexity index is 930. The summed E-state index contributed by atoms with van der Waals surface area (Å²) in [5.41, 5.74) is 0.813. The van der Waals surface area contributed by atoms with E-state index >= 15 is 0 Å². The number of furan rings is 1. The van der Waals surface area contributed by atoms with Gasteiger partial charge in [0.15, 0.2) is 5.82 Å². The van der Waals surface area contributed by atoms with Crippen LogP contribution in [-0.4, -0.2) is 32.7 Å². The smallest absolute Gasteiger partial charge is 0.336 e. The number of likely N-dealkylation sites (tertiary alicyclic amines) is 1. The molecule has 1 saturated heterocycles. The summed E-state index contributed by atoms with van der Waals surface area (Å²) in [5.74, 6) is 1.66. The summed E-state index contributed by atoms with van der Waals surface area (Å²) >= 11 is 0. The molecule has 2 aromatic heterocycles. The Morgan fingerprint density at radius 2 is 2.15 bits per heavy atom. The SMILES string of the molecule is Cc1nc(C2CCCN2Cc2ccc(-c3ccccc3C(=O)O)o2)no1. The predicted octanol–water partition coefficient (Wildman–Crippen LogP) is 3.67. The van der Waals surface area contributed by atoms with Gasteiger partial charge in [0.1, 0.15) is 11.5 Å². The van der Waals surface area contributed by atoms with E-state index in [1.54, 1.807) is 31.2 Å². The Morgan fingerprint density at radius 3 is 2.92 bits per heavy atom. The van der Waals surface area contributed by atoms with Crippen molar-refractivity contribution < 1.29 is 18.8 Å². The summed E-state index contributed by atoms with van der Waals surface area (Å²) in [6, 6.07) is 10.7. The minimum Gasteiger partial charge on any atom is -0.478 e. The topological polar surface area (TPSA) is 92.6 Å². The molecule has 0 aliphatic carbocycles. The van der Waals surface area contributed by atoms with Gasteiger partial charge in [-0.05, 0) is 37.6 Å². The number of aryl methyl sites for hydroxylation is 1. The Kier molecular flexibility index (Phi) is 4.30. The van der Waals surface area contributed by atoms with Crippen LogP contribution in [0.15, 0.2) is 45.3 Å². The van der Waals surface area contributed by atoms with Gasteiger partial charge in [0.05, 0.1) is 18.2 Å². The lowest BCUT2D eigenvalue weighted by Gasteiger charge is -2.20. The van der Waals surface area contributed by atoms with Crippen molar-refractivity contribution in [1.82, 2.24) is 15.0 Å². The van der Waals surface area contributed by atoms with Crippen LogP contribution in [0.1, 0.15) is 46.7 Å². The maximum atomic E-state index is 11.4.